The summed E-state index contributed by atoms with van der Waals surface area (Å²) in [6.07, 6.45) is 0.308. The molecule has 0 unspecified atom stereocenters. The summed E-state index contributed by atoms with van der Waals surface area (Å²) in [5.41, 5.74) is 1.71. The Bertz CT molecular complexity index is 820. The van der Waals surface area contributed by atoms with Crippen molar-refractivity contribution in [2.45, 2.75) is 32.9 Å². The second-order valence-corrected chi connectivity index (χ2v) is 7.35. The largest absolute Gasteiger partial charge is 0.491 e. The fraction of sp³-hybridized carbons (Fsp3) is 0.333. The van der Waals surface area contributed by atoms with Gasteiger partial charge in [-0.1, -0.05) is 23.7 Å². The number of carbonyl (C=O) groups excluding carboxylic acids is 2. The molecule has 3 rings (SSSR count). The van der Waals surface area contributed by atoms with Crippen molar-refractivity contribution in [3.05, 3.63) is 59.1 Å². The Hall–Kier alpha value is -2.53. The number of nitrogens with one attached hydrogen (secondary N) is 1. The standard InChI is InChI=1S/C21H23ClN2O3/c1-14(2)27-19-8-6-18(7-9-19)24-13-16(11-20(24)25)21(26)23-12-15-4-3-5-17(22)10-15/h3-10,14,16H,11-13H2,1-2H3,(H,23,26)/t16-/m0/s1. The van der Waals surface area contributed by atoms with Gasteiger partial charge in [0.25, 0.3) is 0 Å². The van der Waals surface area contributed by atoms with Gasteiger partial charge in [0.1, 0.15) is 5.75 Å². The maximum atomic E-state index is 12.5. The summed E-state index contributed by atoms with van der Waals surface area (Å²) in [5, 5.41) is 3.53. The molecule has 2 amide bonds. The molecule has 1 atom stereocenters. The fourth-order valence-electron chi connectivity index (χ4n) is 3.09. The van der Waals surface area contributed by atoms with Crippen LogP contribution in [0.25, 0.3) is 0 Å². The lowest BCUT2D eigenvalue weighted by Gasteiger charge is -2.18. The molecule has 1 fully saturated rings. The van der Waals surface area contributed by atoms with Crippen molar-refractivity contribution >= 4 is 29.1 Å². The van der Waals surface area contributed by atoms with Crippen LogP contribution in [0.1, 0.15) is 25.8 Å². The molecule has 5 nitrogen and oxygen atoms in total. The maximum Gasteiger partial charge on any atom is 0.227 e. The minimum Gasteiger partial charge on any atom is -0.491 e. The van der Waals surface area contributed by atoms with E-state index >= 15 is 0 Å². The molecule has 1 saturated heterocycles. The Balaban J connectivity index is 1.58. The molecule has 1 aliphatic rings. The first-order valence-electron chi connectivity index (χ1n) is 9.01. The van der Waals surface area contributed by atoms with Crippen molar-refractivity contribution < 1.29 is 14.3 Å². The van der Waals surface area contributed by atoms with E-state index in [0.29, 0.717) is 18.1 Å². The van der Waals surface area contributed by atoms with Crippen molar-refractivity contribution in [3.63, 3.8) is 0 Å². The third kappa shape index (κ3) is 5.01. The van der Waals surface area contributed by atoms with Crippen LogP contribution in [0.5, 0.6) is 5.75 Å². The molecule has 2 aromatic carbocycles. The molecule has 0 aliphatic carbocycles. The molecule has 0 bridgehead atoms. The predicted octanol–water partition coefficient (Wildman–Crippen LogP) is 3.80. The molecule has 2 aromatic rings. The summed E-state index contributed by atoms with van der Waals surface area (Å²) in [5.74, 6) is 0.237. The number of ether oxygens (including phenoxy) is 1. The normalized spacial score (nSPS) is 16.7. The van der Waals surface area contributed by atoms with Gasteiger partial charge in [-0.3, -0.25) is 9.59 Å². The van der Waals surface area contributed by atoms with Gasteiger partial charge >= 0.3 is 0 Å². The Morgan fingerprint density at radius 3 is 2.67 bits per heavy atom. The van der Waals surface area contributed by atoms with Gasteiger partial charge in [0.15, 0.2) is 0 Å². The van der Waals surface area contributed by atoms with Crippen LogP contribution >= 0.6 is 11.6 Å². The van der Waals surface area contributed by atoms with Crippen LogP contribution < -0.4 is 15.0 Å². The van der Waals surface area contributed by atoms with E-state index in [1.165, 1.54) is 0 Å². The zero-order chi connectivity index (χ0) is 19.4. The molecule has 0 saturated carbocycles. The Morgan fingerprint density at radius 2 is 2.00 bits per heavy atom. The maximum absolute atomic E-state index is 12.5. The monoisotopic (exact) mass is 386 g/mol. The zero-order valence-corrected chi connectivity index (χ0v) is 16.2. The number of carbonyl (C=O) groups is 2. The number of benzene rings is 2. The third-order valence-electron chi connectivity index (χ3n) is 4.37. The average molecular weight is 387 g/mol. The highest BCUT2D eigenvalue weighted by Crippen LogP contribution is 2.27. The zero-order valence-electron chi connectivity index (χ0n) is 15.4. The van der Waals surface area contributed by atoms with E-state index in [0.717, 1.165) is 17.0 Å². The molecule has 0 aromatic heterocycles. The highest BCUT2D eigenvalue weighted by atomic mass is 35.5. The Labute approximate surface area is 164 Å². The van der Waals surface area contributed by atoms with Gasteiger partial charge in [-0.15, -0.1) is 0 Å². The van der Waals surface area contributed by atoms with E-state index in [2.05, 4.69) is 5.32 Å². The fourth-order valence-corrected chi connectivity index (χ4v) is 3.30. The summed E-state index contributed by atoms with van der Waals surface area (Å²) in [6.45, 7) is 4.70. The molecule has 1 heterocycles. The van der Waals surface area contributed by atoms with Crippen LogP contribution in [-0.2, 0) is 16.1 Å². The van der Waals surface area contributed by atoms with Gasteiger partial charge < -0.3 is 15.0 Å². The number of halogens is 1. The molecule has 6 heteroatoms. The molecule has 1 aliphatic heterocycles. The number of anilines is 1. The molecule has 142 valence electrons. The summed E-state index contributed by atoms with van der Waals surface area (Å²) in [4.78, 5) is 26.5. The molecular weight excluding hydrogens is 364 g/mol. The van der Waals surface area contributed by atoms with Crippen molar-refractivity contribution in [1.29, 1.82) is 0 Å². The number of nitrogens with zero attached hydrogens (tertiary/aromatic N) is 1. The second kappa shape index (κ2) is 8.44. The lowest BCUT2D eigenvalue weighted by atomic mass is 10.1. The minimum absolute atomic E-state index is 0.0459. The topological polar surface area (TPSA) is 58.6 Å². The molecule has 0 radical (unpaired) electrons. The number of hydrogen-bond acceptors (Lipinski definition) is 3. The van der Waals surface area contributed by atoms with Gasteiger partial charge in [-0.2, -0.15) is 0 Å². The SMILES string of the molecule is CC(C)Oc1ccc(N2C[C@@H](C(=O)NCc3cccc(Cl)c3)CC2=O)cc1. The van der Waals surface area contributed by atoms with E-state index in [4.69, 9.17) is 16.3 Å². The quantitative estimate of drug-likeness (QED) is 0.821. The highest BCUT2D eigenvalue weighted by Gasteiger charge is 2.35. The summed E-state index contributed by atoms with van der Waals surface area (Å²) in [7, 11) is 0. The van der Waals surface area contributed by atoms with E-state index in [1.54, 1.807) is 11.0 Å². The van der Waals surface area contributed by atoms with Crippen molar-refractivity contribution in [2.75, 3.05) is 11.4 Å². The summed E-state index contributed by atoms with van der Waals surface area (Å²) >= 11 is 5.96. The van der Waals surface area contributed by atoms with Crippen LogP contribution in [0.15, 0.2) is 48.5 Å². The Morgan fingerprint density at radius 1 is 1.26 bits per heavy atom. The van der Waals surface area contributed by atoms with E-state index in [1.807, 2.05) is 56.3 Å². The van der Waals surface area contributed by atoms with E-state index < -0.39 is 0 Å². The van der Waals surface area contributed by atoms with Crippen molar-refractivity contribution in [2.24, 2.45) is 5.92 Å². The van der Waals surface area contributed by atoms with E-state index in [-0.39, 0.29) is 30.3 Å². The van der Waals surface area contributed by atoms with Gasteiger partial charge in [0.05, 0.1) is 12.0 Å². The lowest BCUT2D eigenvalue weighted by molar-refractivity contribution is -0.126. The first-order chi connectivity index (χ1) is 12.9. The highest BCUT2D eigenvalue weighted by molar-refractivity contribution is 6.30. The average Bonchev–Trinajstić information content (AvgIpc) is 3.02. The minimum atomic E-state index is -0.358. The van der Waals surface area contributed by atoms with Crippen LogP contribution in [-0.4, -0.2) is 24.5 Å². The van der Waals surface area contributed by atoms with Crippen LogP contribution in [0, 0.1) is 5.92 Å². The molecule has 1 N–H and O–H groups in total. The number of rotatable bonds is 6. The van der Waals surface area contributed by atoms with Crippen LogP contribution in [0.2, 0.25) is 5.02 Å². The van der Waals surface area contributed by atoms with E-state index in [9.17, 15) is 9.59 Å². The summed E-state index contributed by atoms with van der Waals surface area (Å²) < 4.78 is 5.62. The van der Waals surface area contributed by atoms with Crippen LogP contribution in [0.4, 0.5) is 5.69 Å². The summed E-state index contributed by atoms with van der Waals surface area (Å²) in [6, 6.07) is 14.7. The second-order valence-electron chi connectivity index (χ2n) is 6.91. The van der Waals surface area contributed by atoms with Gasteiger partial charge in [0.2, 0.25) is 11.8 Å². The molecule has 27 heavy (non-hydrogen) atoms. The number of hydrogen-bond donors (Lipinski definition) is 1. The van der Waals surface area contributed by atoms with Gasteiger partial charge in [-0.25, -0.2) is 0 Å². The molecule has 0 spiro atoms. The first-order valence-corrected chi connectivity index (χ1v) is 9.39. The van der Waals surface area contributed by atoms with Gasteiger partial charge in [-0.05, 0) is 55.8 Å². The smallest absolute Gasteiger partial charge is 0.227 e. The lowest BCUT2D eigenvalue weighted by Crippen LogP contribution is -2.32. The first kappa shape index (κ1) is 19.2. The van der Waals surface area contributed by atoms with Gasteiger partial charge in [0, 0.05) is 30.2 Å². The van der Waals surface area contributed by atoms with Crippen molar-refractivity contribution in [1.82, 2.24) is 5.32 Å². The molecular formula is C21H23ClN2O3. The van der Waals surface area contributed by atoms with Crippen LogP contribution in [0.3, 0.4) is 0 Å². The number of amides is 2. The van der Waals surface area contributed by atoms with Crippen molar-refractivity contribution in [3.8, 4) is 5.75 Å². The predicted molar refractivity (Wildman–Crippen MR) is 106 cm³/mol. The third-order valence-corrected chi connectivity index (χ3v) is 4.61. The Kier molecular flexibility index (Phi) is 6.01.